The van der Waals surface area contributed by atoms with Crippen LogP contribution in [0.5, 0.6) is 5.75 Å². The Hall–Kier alpha value is -2.42. The fourth-order valence-electron chi connectivity index (χ4n) is 3.17. The smallest absolute Gasteiger partial charge is 0.238 e. The number of carbonyl (C=O) groups is 1. The second kappa shape index (κ2) is 8.72. The highest BCUT2D eigenvalue weighted by atomic mass is 32.2. The van der Waals surface area contributed by atoms with E-state index in [0.29, 0.717) is 32.7 Å². The average Bonchev–Trinajstić information content (AvgIpc) is 2.89. The first-order valence-electron chi connectivity index (χ1n) is 9.19. The normalized spacial score (nSPS) is 15.8. The number of nitrogens with two attached hydrogens (primary N) is 1. The molecule has 1 atom stereocenters. The molecule has 7 nitrogen and oxygen atoms in total. The van der Waals surface area contributed by atoms with Crippen LogP contribution < -0.4 is 15.2 Å². The van der Waals surface area contributed by atoms with Crippen LogP contribution in [0.2, 0.25) is 0 Å². The summed E-state index contributed by atoms with van der Waals surface area (Å²) in [6.45, 7) is 4.26. The zero-order valence-corrected chi connectivity index (χ0v) is 16.6. The lowest BCUT2D eigenvalue weighted by molar-refractivity contribution is -0.126. The molecule has 0 fully saturated rings. The SMILES string of the molecule is CC(C(=O)NCCc1ccc(S(N)(=O)=O)cc1)N1CCOc2ccccc2C1. The molecule has 1 aliphatic rings. The molecule has 1 aliphatic heterocycles. The molecule has 0 aliphatic carbocycles. The molecule has 3 N–H and O–H groups in total. The van der Waals surface area contributed by atoms with Crippen LogP contribution in [0.15, 0.2) is 53.4 Å². The van der Waals surface area contributed by atoms with E-state index < -0.39 is 10.0 Å². The van der Waals surface area contributed by atoms with Gasteiger partial charge in [-0.3, -0.25) is 9.69 Å². The first-order chi connectivity index (χ1) is 13.3. The molecule has 0 saturated heterocycles. The first-order valence-corrected chi connectivity index (χ1v) is 10.7. The van der Waals surface area contributed by atoms with Crippen molar-refractivity contribution in [1.29, 1.82) is 0 Å². The molecule has 8 heteroatoms. The van der Waals surface area contributed by atoms with Crippen LogP contribution in [0.25, 0.3) is 0 Å². The number of hydrogen-bond donors (Lipinski definition) is 2. The third-order valence-corrected chi connectivity index (χ3v) is 5.80. The fraction of sp³-hybridized carbons (Fsp3) is 0.350. The van der Waals surface area contributed by atoms with E-state index in [1.807, 2.05) is 31.2 Å². The molecule has 0 saturated carbocycles. The number of amides is 1. The number of ether oxygens (including phenoxy) is 1. The monoisotopic (exact) mass is 403 g/mol. The van der Waals surface area contributed by atoms with Gasteiger partial charge in [-0.05, 0) is 37.1 Å². The zero-order chi connectivity index (χ0) is 20.1. The molecule has 2 aromatic rings. The van der Waals surface area contributed by atoms with Crippen LogP contribution in [-0.4, -0.2) is 45.0 Å². The lowest BCUT2D eigenvalue weighted by Gasteiger charge is -2.26. The van der Waals surface area contributed by atoms with E-state index in [9.17, 15) is 13.2 Å². The Bertz CT molecular complexity index is 929. The summed E-state index contributed by atoms with van der Waals surface area (Å²) in [7, 11) is -3.69. The van der Waals surface area contributed by atoms with Gasteiger partial charge in [0.1, 0.15) is 12.4 Å². The average molecular weight is 404 g/mol. The Kier molecular flexibility index (Phi) is 6.33. The van der Waals surface area contributed by atoms with Crippen LogP contribution in [0.1, 0.15) is 18.1 Å². The van der Waals surface area contributed by atoms with Crippen molar-refractivity contribution in [2.24, 2.45) is 5.14 Å². The van der Waals surface area contributed by atoms with E-state index in [2.05, 4.69) is 10.2 Å². The molecule has 1 heterocycles. The molecule has 3 rings (SSSR count). The van der Waals surface area contributed by atoms with E-state index in [1.165, 1.54) is 12.1 Å². The van der Waals surface area contributed by atoms with Crippen molar-refractivity contribution in [1.82, 2.24) is 10.2 Å². The van der Waals surface area contributed by atoms with Crippen LogP contribution in [0, 0.1) is 0 Å². The van der Waals surface area contributed by atoms with E-state index in [-0.39, 0.29) is 16.8 Å². The number of carbonyl (C=O) groups excluding carboxylic acids is 1. The largest absolute Gasteiger partial charge is 0.492 e. The van der Waals surface area contributed by atoms with Crippen molar-refractivity contribution in [2.75, 3.05) is 19.7 Å². The summed E-state index contributed by atoms with van der Waals surface area (Å²) in [5, 5.41) is 8.05. The Morgan fingerprint density at radius 2 is 1.93 bits per heavy atom. The van der Waals surface area contributed by atoms with E-state index >= 15 is 0 Å². The number of benzene rings is 2. The van der Waals surface area contributed by atoms with Crippen molar-refractivity contribution in [3.8, 4) is 5.75 Å². The van der Waals surface area contributed by atoms with Crippen molar-refractivity contribution in [2.45, 2.75) is 30.8 Å². The number of sulfonamides is 1. The molecule has 0 spiro atoms. The summed E-state index contributed by atoms with van der Waals surface area (Å²) < 4.78 is 28.3. The number of rotatable bonds is 6. The van der Waals surface area contributed by atoms with Crippen molar-refractivity contribution >= 4 is 15.9 Å². The van der Waals surface area contributed by atoms with E-state index in [1.54, 1.807) is 12.1 Å². The van der Waals surface area contributed by atoms with Crippen LogP contribution in [0.3, 0.4) is 0 Å². The lowest BCUT2D eigenvalue weighted by Crippen LogP contribution is -2.46. The number of para-hydroxylation sites is 1. The lowest BCUT2D eigenvalue weighted by atomic mass is 10.1. The quantitative estimate of drug-likeness (QED) is 0.756. The summed E-state index contributed by atoms with van der Waals surface area (Å²) in [6, 6.07) is 14.0. The van der Waals surface area contributed by atoms with Crippen LogP contribution >= 0.6 is 0 Å². The number of nitrogens with zero attached hydrogens (tertiary/aromatic N) is 1. The fourth-order valence-corrected chi connectivity index (χ4v) is 3.68. The minimum atomic E-state index is -3.69. The van der Waals surface area contributed by atoms with Gasteiger partial charge >= 0.3 is 0 Å². The van der Waals surface area contributed by atoms with Gasteiger partial charge in [0.15, 0.2) is 0 Å². The number of primary sulfonamides is 1. The molecule has 0 radical (unpaired) electrons. The summed E-state index contributed by atoms with van der Waals surface area (Å²) in [5.74, 6) is 0.834. The molecule has 1 unspecified atom stereocenters. The first kappa shape index (κ1) is 20.3. The summed E-state index contributed by atoms with van der Waals surface area (Å²) >= 11 is 0. The summed E-state index contributed by atoms with van der Waals surface area (Å²) in [4.78, 5) is 14.7. The predicted octanol–water partition coefficient (Wildman–Crippen LogP) is 1.28. The molecule has 1 amide bonds. The molecular weight excluding hydrogens is 378 g/mol. The van der Waals surface area contributed by atoms with Crippen LogP contribution in [0.4, 0.5) is 0 Å². The van der Waals surface area contributed by atoms with Crippen molar-refractivity contribution in [3.05, 3.63) is 59.7 Å². The highest BCUT2D eigenvalue weighted by Gasteiger charge is 2.24. The number of nitrogens with one attached hydrogen (secondary N) is 1. The Morgan fingerprint density at radius 3 is 2.64 bits per heavy atom. The van der Waals surface area contributed by atoms with Gasteiger partial charge in [0.05, 0.1) is 10.9 Å². The Balaban J connectivity index is 1.52. The van der Waals surface area contributed by atoms with Gasteiger partial charge < -0.3 is 10.1 Å². The number of hydrogen-bond acceptors (Lipinski definition) is 5. The molecule has 28 heavy (non-hydrogen) atoms. The maximum absolute atomic E-state index is 12.6. The Labute approximate surface area is 165 Å². The molecule has 0 aromatic heterocycles. The zero-order valence-electron chi connectivity index (χ0n) is 15.8. The number of fused-ring (bicyclic) bond motifs is 1. The standard InChI is InChI=1S/C20H25N3O4S/c1-15(23-12-13-27-19-5-3-2-4-17(19)14-23)20(24)22-11-10-16-6-8-18(9-7-16)28(21,25)26/h2-9,15H,10-14H2,1H3,(H,22,24)(H2,21,25,26). The summed E-state index contributed by atoms with van der Waals surface area (Å²) in [5.41, 5.74) is 2.01. The molecule has 0 bridgehead atoms. The highest BCUT2D eigenvalue weighted by molar-refractivity contribution is 7.89. The van der Waals surface area contributed by atoms with Gasteiger partial charge in [0, 0.05) is 25.2 Å². The van der Waals surface area contributed by atoms with Crippen LogP contribution in [-0.2, 0) is 27.8 Å². The topological polar surface area (TPSA) is 102 Å². The maximum Gasteiger partial charge on any atom is 0.238 e. The van der Waals surface area contributed by atoms with Gasteiger partial charge in [-0.15, -0.1) is 0 Å². The minimum Gasteiger partial charge on any atom is -0.492 e. The van der Waals surface area contributed by atoms with E-state index in [0.717, 1.165) is 16.9 Å². The van der Waals surface area contributed by atoms with Gasteiger partial charge in [0.2, 0.25) is 15.9 Å². The van der Waals surface area contributed by atoms with Gasteiger partial charge in [0.25, 0.3) is 0 Å². The highest BCUT2D eigenvalue weighted by Crippen LogP contribution is 2.23. The second-order valence-corrected chi connectivity index (χ2v) is 8.39. The molecule has 150 valence electrons. The van der Waals surface area contributed by atoms with Crippen molar-refractivity contribution in [3.63, 3.8) is 0 Å². The second-order valence-electron chi connectivity index (χ2n) is 6.83. The molecular formula is C20H25N3O4S. The van der Waals surface area contributed by atoms with E-state index in [4.69, 9.17) is 9.88 Å². The van der Waals surface area contributed by atoms with Gasteiger partial charge in [-0.2, -0.15) is 0 Å². The van der Waals surface area contributed by atoms with Gasteiger partial charge in [-0.1, -0.05) is 30.3 Å². The predicted molar refractivity (Wildman–Crippen MR) is 106 cm³/mol. The maximum atomic E-state index is 12.6. The minimum absolute atomic E-state index is 0.0412. The Morgan fingerprint density at radius 1 is 1.21 bits per heavy atom. The van der Waals surface area contributed by atoms with Crippen molar-refractivity contribution < 1.29 is 17.9 Å². The summed E-state index contributed by atoms with van der Waals surface area (Å²) in [6.07, 6.45) is 0.606. The van der Waals surface area contributed by atoms with Gasteiger partial charge in [-0.25, -0.2) is 13.6 Å². The third-order valence-electron chi connectivity index (χ3n) is 4.87. The third kappa shape index (κ3) is 5.09. The molecule has 2 aromatic carbocycles.